The molecule has 1 amide bonds. The van der Waals surface area contributed by atoms with Crippen molar-refractivity contribution < 1.29 is 22.7 Å². The summed E-state index contributed by atoms with van der Waals surface area (Å²) in [5.74, 6) is -0.0174. The molecule has 1 aromatic heterocycles. The fourth-order valence-electron chi connectivity index (χ4n) is 3.65. The molecule has 142 valence electrons. The van der Waals surface area contributed by atoms with E-state index in [2.05, 4.69) is 20.4 Å². The molecule has 26 heavy (non-hydrogen) atoms. The summed E-state index contributed by atoms with van der Waals surface area (Å²) in [6.45, 7) is 2.79. The van der Waals surface area contributed by atoms with Crippen molar-refractivity contribution in [2.45, 2.75) is 31.1 Å². The Kier molecular flexibility index (Phi) is 4.57. The van der Waals surface area contributed by atoms with Gasteiger partial charge in [-0.2, -0.15) is 0 Å². The Bertz CT molecular complexity index is 766. The number of anilines is 1. The molecule has 1 spiro atoms. The van der Waals surface area contributed by atoms with E-state index in [0.29, 0.717) is 25.5 Å². The van der Waals surface area contributed by atoms with E-state index in [1.807, 2.05) is 0 Å². The molecule has 3 aliphatic rings. The van der Waals surface area contributed by atoms with Gasteiger partial charge in [-0.05, 0) is 18.6 Å². The topological polar surface area (TPSA) is 111 Å². The van der Waals surface area contributed by atoms with Crippen LogP contribution in [0.25, 0.3) is 0 Å². The van der Waals surface area contributed by atoms with Gasteiger partial charge in [0.1, 0.15) is 0 Å². The first-order valence-corrected chi connectivity index (χ1v) is 10.6. The normalized spacial score (nSPS) is 26.9. The maximum Gasteiger partial charge on any atom is 0.272 e. The molecule has 3 fully saturated rings. The Morgan fingerprint density at radius 2 is 1.92 bits per heavy atom. The van der Waals surface area contributed by atoms with Crippen LogP contribution in [0.15, 0.2) is 12.1 Å². The lowest BCUT2D eigenvalue weighted by atomic mass is 10.0. The molecule has 4 rings (SSSR count). The molecule has 0 radical (unpaired) electrons. The Labute approximate surface area is 152 Å². The number of rotatable bonds is 3. The van der Waals surface area contributed by atoms with Crippen molar-refractivity contribution in [2.75, 3.05) is 42.7 Å². The Hall–Kier alpha value is -1.78. The minimum absolute atomic E-state index is 0.01000. The molecular formula is C16H22N4O5S. The smallest absolute Gasteiger partial charge is 0.272 e. The molecule has 0 aromatic carbocycles. The van der Waals surface area contributed by atoms with Crippen molar-refractivity contribution in [1.29, 1.82) is 0 Å². The van der Waals surface area contributed by atoms with E-state index in [1.165, 1.54) is 0 Å². The summed E-state index contributed by atoms with van der Waals surface area (Å²) in [7, 11) is -3.03. The number of hydrogen-bond acceptors (Lipinski definition) is 8. The van der Waals surface area contributed by atoms with Crippen LogP contribution in [0.5, 0.6) is 0 Å². The van der Waals surface area contributed by atoms with Gasteiger partial charge < -0.3 is 19.7 Å². The number of piperidine rings is 1. The molecule has 1 N–H and O–H groups in total. The number of hydrogen-bond donors (Lipinski definition) is 1. The molecule has 9 nitrogen and oxygen atoms in total. The highest BCUT2D eigenvalue weighted by Crippen LogP contribution is 2.32. The summed E-state index contributed by atoms with van der Waals surface area (Å²) in [5.41, 5.74) is 0.189. The minimum atomic E-state index is -3.03. The predicted molar refractivity (Wildman–Crippen MR) is 92.6 cm³/mol. The molecular weight excluding hydrogens is 360 g/mol. The molecule has 4 heterocycles. The summed E-state index contributed by atoms with van der Waals surface area (Å²) in [6.07, 6.45) is 1.99. The second-order valence-corrected chi connectivity index (χ2v) is 9.17. The second-order valence-electron chi connectivity index (χ2n) is 6.94. The van der Waals surface area contributed by atoms with Gasteiger partial charge in [0, 0.05) is 32.0 Å². The van der Waals surface area contributed by atoms with E-state index < -0.39 is 21.5 Å². The van der Waals surface area contributed by atoms with Crippen molar-refractivity contribution in [2.24, 2.45) is 0 Å². The molecule has 10 heteroatoms. The first-order chi connectivity index (χ1) is 12.4. The van der Waals surface area contributed by atoms with Gasteiger partial charge in [0.2, 0.25) is 0 Å². The maximum absolute atomic E-state index is 12.2. The highest BCUT2D eigenvalue weighted by Gasteiger charge is 2.40. The lowest BCUT2D eigenvalue weighted by Crippen LogP contribution is -2.45. The SMILES string of the molecule is O=C(NC1CCS(=O)(=O)C1)c1ccc(N2CCC3(CC2)OCCO3)nn1. The highest BCUT2D eigenvalue weighted by atomic mass is 32.2. The van der Waals surface area contributed by atoms with Gasteiger partial charge in [0.05, 0.1) is 24.7 Å². The van der Waals surface area contributed by atoms with Gasteiger partial charge in [-0.25, -0.2) is 8.42 Å². The summed E-state index contributed by atoms with van der Waals surface area (Å²) in [5, 5.41) is 10.9. The zero-order chi connectivity index (χ0) is 18.2. The van der Waals surface area contributed by atoms with E-state index in [-0.39, 0.29) is 23.2 Å². The van der Waals surface area contributed by atoms with Gasteiger partial charge in [-0.15, -0.1) is 10.2 Å². The lowest BCUT2D eigenvalue weighted by molar-refractivity contribution is -0.169. The van der Waals surface area contributed by atoms with E-state index in [4.69, 9.17) is 9.47 Å². The van der Waals surface area contributed by atoms with Crippen molar-refractivity contribution in [3.05, 3.63) is 17.8 Å². The molecule has 0 saturated carbocycles. The first kappa shape index (κ1) is 17.6. The summed E-state index contributed by atoms with van der Waals surface area (Å²) in [4.78, 5) is 14.3. The van der Waals surface area contributed by atoms with Gasteiger partial charge in [0.15, 0.2) is 27.1 Å². The number of ether oxygens (including phenoxy) is 2. The number of nitrogens with one attached hydrogen (secondary N) is 1. The van der Waals surface area contributed by atoms with Crippen LogP contribution in [0.2, 0.25) is 0 Å². The number of aromatic nitrogens is 2. The van der Waals surface area contributed by atoms with Gasteiger partial charge in [0.25, 0.3) is 5.91 Å². The van der Waals surface area contributed by atoms with E-state index >= 15 is 0 Å². The Morgan fingerprint density at radius 1 is 1.19 bits per heavy atom. The maximum atomic E-state index is 12.2. The Morgan fingerprint density at radius 3 is 2.50 bits per heavy atom. The molecule has 3 saturated heterocycles. The van der Waals surface area contributed by atoms with Crippen LogP contribution < -0.4 is 10.2 Å². The van der Waals surface area contributed by atoms with Crippen molar-refractivity contribution in [3.8, 4) is 0 Å². The van der Waals surface area contributed by atoms with Crippen molar-refractivity contribution in [1.82, 2.24) is 15.5 Å². The molecule has 1 atom stereocenters. The van der Waals surface area contributed by atoms with Crippen LogP contribution in [0.1, 0.15) is 29.8 Å². The quantitative estimate of drug-likeness (QED) is 0.761. The lowest BCUT2D eigenvalue weighted by Gasteiger charge is -2.37. The largest absolute Gasteiger partial charge is 0.355 e. The van der Waals surface area contributed by atoms with Crippen LogP contribution in [0, 0.1) is 0 Å². The highest BCUT2D eigenvalue weighted by molar-refractivity contribution is 7.91. The zero-order valence-electron chi connectivity index (χ0n) is 14.4. The van der Waals surface area contributed by atoms with Crippen LogP contribution in [0.3, 0.4) is 0 Å². The number of sulfone groups is 1. The summed E-state index contributed by atoms with van der Waals surface area (Å²) < 4.78 is 34.4. The van der Waals surface area contributed by atoms with E-state index in [1.54, 1.807) is 12.1 Å². The molecule has 1 aromatic rings. The fourth-order valence-corrected chi connectivity index (χ4v) is 5.32. The average molecular weight is 382 g/mol. The average Bonchev–Trinajstić information content (AvgIpc) is 3.22. The summed E-state index contributed by atoms with van der Waals surface area (Å²) >= 11 is 0. The first-order valence-electron chi connectivity index (χ1n) is 8.83. The van der Waals surface area contributed by atoms with Crippen molar-refractivity contribution >= 4 is 21.6 Å². The van der Waals surface area contributed by atoms with E-state index in [9.17, 15) is 13.2 Å². The van der Waals surface area contributed by atoms with Crippen LogP contribution in [-0.4, -0.2) is 74.2 Å². The monoisotopic (exact) mass is 382 g/mol. The van der Waals surface area contributed by atoms with E-state index in [0.717, 1.165) is 25.9 Å². The van der Waals surface area contributed by atoms with Crippen molar-refractivity contribution in [3.63, 3.8) is 0 Å². The van der Waals surface area contributed by atoms with Crippen LogP contribution >= 0.6 is 0 Å². The third-order valence-electron chi connectivity index (χ3n) is 5.11. The third-order valence-corrected chi connectivity index (χ3v) is 6.88. The fraction of sp³-hybridized carbons (Fsp3) is 0.688. The van der Waals surface area contributed by atoms with Crippen LogP contribution in [0.4, 0.5) is 5.82 Å². The third kappa shape index (κ3) is 3.67. The Balaban J connectivity index is 1.34. The second kappa shape index (κ2) is 6.75. The van der Waals surface area contributed by atoms with Gasteiger partial charge >= 0.3 is 0 Å². The summed E-state index contributed by atoms with van der Waals surface area (Å²) in [6, 6.07) is 3.04. The molecule has 1 unspecified atom stereocenters. The zero-order valence-corrected chi connectivity index (χ0v) is 15.2. The van der Waals surface area contributed by atoms with Gasteiger partial charge in [-0.3, -0.25) is 4.79 Å². The van der Waals surface area contributed by atoms with Crippen LogP contribution in [-0.2, 0) is 19.3 Å². The van der Waals surface area contributed by atoms with Gasteiger partial charge in [-0.1, -0.05) is 0 Å². The number of nitrogens with zero attached hydrogens (tertiary/aromatic N) is 3. The molecule has 0 aliphatic carbocycles. The number of carbonyl (C=O) groups is 1. The molecule has 0 bridgehead atoms. The minimum Gasteiger partial charge on any atom is -0.355 e. The molecule has 3 aliphatic heterocycles. The predicted octanol–water partition coefficient (Wildman–Crippen LogP) is -0.263. The number of carbonyl (C=O) groups excluding carboxylic acids is 1. The standard InChI is InChI=1S/C16H22N4O5S/c21-15(17-12-3-10-26(22,23)11-12)13-1-2-14(19-18-13)20-6-4-16(5-7-20)24-8-9-25-16/h1-2,12H,3-11H2,(H,17,21). The number of amides is 1.